The Balaban J connectivity index is 1.54. The fourth-order valence-corrected chi connectivity index (χ4v) is 2.72. The first kappa shape index (κ1) is 15.4. The molecule has 120 valence electrons. The van der Waals surface area contributed by atoms with Gasteiger partial charge in [-0.05, 0) is 29.8 Å². The molecule has 2 aromatic rings. The molecule has 0 aliphatic carbocycles. The van der Waals surface area contributed by atoms with Gasteiger partial charge >= 0.3 is 0 Å². The third-order valence-corrected chi connectivity index (χ3v) is 4.16. The van der Waals surface area contributed by atoms with Crippen LogP contribution >= 0.6 is 0 Å². The van der Waals surface area contributed by atoms with E-state index < -0.39 is 0 Å². The summed E-state index contributed by atoms with van der Waals surface area (Å²) in [6, 6.07) is 19.1. The summed E-state index contributed by atoms with van der Waals surface area (Å²) < 4.78 is 0. The molecule has 0 aromatic heterocycles. The average Bonchev–Trinajstić information content (AvgIpc) is 2.61. The standard InChI is InChI=1S/C19H24N4/c1-21(2)18-10-8-17(9-11-18)16-20-23-14-12-22(13-15-23)19-6-4-3-5-7-19/h3-11,16H,12-15H2,1-2H3/b20-16+. The molecule has 0 unspecified atom stereocenters. The highest BCUT2D eigenvalue weighted by atomic mass is 15.5. The minimum Gasteiger partial charge on any atom is -0.378 e. The smallest absolute Gasteiger partial charge is 0.0542 e. The SMILES string of the molecule is CN(C)c1ccc(/C=N/N2CCN(c3ccccc3)CC2)cc1. The van der Waals surface area contributed by atoms with Crippen molar-refractivity contribution in [3.8, 4) is 0 Å². The highest BCUT2D eigenvalue weighted by molar-refractivity contribution is 5.80. The molecule has 4 heteroatoms. The number of nitrogens with zero attached hydrogens (tertiary/aromatic N) is 4. The molecule has 2 aromatic carbocycles. The summed E-state index contributed by atoms with van der Waals surface area (Å²) in [5.41, 5.74) is 3.65. The fourth-order valence-electron chi connectivity index (χ4n) is 2.72. The van der Waals surface area contributed by atoms with Crippen molar-refractivity contribution in [1.82, 2.24) is 5.01 Å². The summed E-state index contributed by atoms with van der Waals surface area (Å²) in [5.74, 6) is 0. The molecule has 3 rings (SSSR count). The Morgan fingerprint density at radius 3 is 2.13 bits per heavy atom. The van der Waals surface area contributed by atoms with Crippen LogP contribution in [0.25, 0.3) is 0 Å². The predicted molar refractivity (Wildman–Crippen MR) is 98.6 cm³/mol. The number of piperazine rings is 1. The first-order valence-electron chi connectivity index (χ1n) is 8.09. The minimum atomic E-state index is 0.959. The van der Waals surface area contributed by atoms with E-state index in [-0.39, 0.29) is 0 Å². The highest BCUT2D eigenvalue weighted by Crippen LogP contribution is 2.16. The summed E-state index contributed by atoms with van der Waals surface area (Å²) in [6.07, 6.45) is 1.96. The number of hydrazone groups is 1. The van der Waals surface area contributed by atoms with Gasteiger partial charge in [0.15, 0.2) is 0 Å². The molecule has 0 amide bonds. The van der Waals surface area contributed by atoms with Crippen molar-refractivity contribution in [1.29, 1.82) is 0 Å². The number of hydrogen-bond donors (Lipinski definition) is 0. The van der Waals surface area contributed by atoms with Gasteiger partial charge in [0.2, 0.25) is 0 Å². The second-order valence-corrected chi connectivity index (χ2v) is 6.01. The van der Waals surface area contributed by atoms with Gasteiger partial charge in [-0.25, -0.2) is 0 Å². The van der Waals surface area contributed by atoms with Crippen molar-refractivity contribution >= 4 is 17.6 Å². The van der Waals surface area contributed by atoms with Crippen molar-refractivity contribution < 1.29 is 0 Å². The van der Waals surface area contributed by atoms with E-state index >= 15 is 0 Å². The van der Waals surface area contributed by atoms with Crippen molar-refractivity contribution in [2.24, 2.45) is 5.10 Å². The topological polar surface area (TPSA) is 22.1 Å². The van der Waals surface area contributed by atoms with Crippen molar-refractivity contribution in [3.63, 3.8) is 0 Å². The first-order valence-corrected chi connectivity index (χ1v) is 8.09. The van der Waals surface area contributed by atoms with Crippen LogP contribution in [0.5, 0.6) is 0 Å². The van der Waals surface area contributed by atoms with Crippen LogP contribution in [0.3, 0.4) is 0 Å². The molecule has 0 saturated carbocycles. The molecule has 1 aliphatic rings. The first-order chi connectivity index (χ1) is 11.2. The Bertz CT molecular complexity index is 626. The number of rotatable bonds is 4. The van der Waals surface area contributed by atoms with Crippen LogP contribution in [-0.4, -0.2) is 51.5 Å². The lowest BCUT2D eigenvalue weighted by Crippen LogP contribution is -2.44. The maximum Gasteiger partial charge on any atom is 0.0542 e. The van der Waals surface area contributed by atoms with Crippen LogP contribution in [0.2, 0.25) is 0 Å². The van der Waals surface area contributed by atoms with E-state index in [1.54, 1.807) is 0 Å². The number of benzene rings is 2. The molecule has 4 nitrogen and oxygen atoms in total. The van der Waals surface area contributed by atoms with Crippen molar-refractivity contribution in [3.05, 3.63) is 60.2 Å². The molecule has 1 aliphatic heterocycles. The van der Waals surface area contributed by atoms with Crippen LogP contribution in [-0.2, 0) is 0 Å². The lowest BCUT2D eigenvalue weighted by Gasteiger charge is -2.34. The zero-order valence-corrected chi connectivity index (χ0v) is 13.9. The van der Waals surface area contributed by atoms with E-state index in [9.17, 15) is 0 Å². The summed E-state index contributed by atoms with van der Waals surface area (Å²) in [7, 11) is 4.10. The maximum atomic E-state index is 4.62. The highest BCUT2D eigenvalue weighted by Gasteiger charge is 2.15. The molecule has 1 fully saturated rings. The largest absolute Gasteiger partial charge is 0.378 e. The van der Waals surface area contributed by atoms with Gasteiger partial charge in [0.1, 0.15) is 0 Å². The number of para-hydroxylation sites is 1. The van der Waals surface area contributed by atoms with Gasteiger partial charge in [-0.2, -0.15) is 5.10 Å². The van der Waals surface area contributed by atoms with Crippen molar-refractivity contribution in [2.45, 2.75) is 0 Å². The molecule has 0 atom stereocenters. The summed E-state index contributed by atoms with van der Waals surface area (Å²) in [6.45, 7) is 3.95. The second-order valence-electron chi connectivity index (χ2n) is 6.01. The monoisotopic (exact) mass is 308 g/mol. The Morgan fingerprint density at radius 1 is 0.870 bits per heavy atom. The quantitative estimate of drug-likeness (QED) is 0.811. The van der Waals surface area contributed by atoms with Gasteiger partial charge in [0.05, 0.1) is 19.3 Å². The zero-order chi connectivity index (χ0) is 16.1. The van der Waals surface area contributed by atoms with E-state index in [0.717, 1.165) is 31.7 Å². The summed E-state index contributed by atoms with van der Waals surface area (Å²) in [5, 5.41) is 6.78. The third-order valence-electron chi connectivity index (χ3n) is 4.16. The van der Waals surface area contributed by atoms with Crippen LogP contribution in [0.4, 0.5) is 11.4 Å². The average molecular weight is 308 g/mol. The van der Waals surface area contributed by atoms with E-state index in [1.165, 1.54) is 11.4 Å². The van der Waals surface area contributed by atoms with Gasteiger partial charge in [0, 0.05) is 38.6 Å². The predicted octanol–water partition coefficient (Wildman–Crippen LogP) is 2.91. The molecule has 1 heterocycles. The maximum absolute atomic E-state index is 4.62. The summed E-state index contributed by atoms with van der Waals surface area (Å²) >= 11 is 0. The molecular formula is C19H24N4. The molecule has 0 spiro atoms. The number of hydrogen-bond acceptors (Lipinski definition) is 4. The second kappa shape index (κ2) is 7.18. The lowest BCUT2D eigenvalue weighted by molar-refractivity contribution is 0.272. The normalized spacial score (nSPS) is 15.2. The van der Waals surface area contributed by atoms with E-state index in [2.05, 4.69) is 88.6 Å². The Morgan fingerprint density at radius 2 is 1.52 bits per heavy atom. The van der Waals surface area contributed by atoms with Gasteiger partial charge in [-0.1, -0.05) is 30.3 Å². The van der Waals surface area contributed by atoms with Gasteiger partial charge in [0.25, 0.3) is 0 Å². The lowest BCUT2D eigenvalue weighted by atomic mass is 10.2. The van der Waals surface area contributed by atoms with Crippen molar-refractivity contribution in [2.75, 3.05) is 50.1 Å². The summed E-state index contributed by atoms with van der Waals surface area (Å²) in [4.78, 5) is 4.52. The van der Waals surface area contributed by atoms with E-state index in [0.29, 0.717) is 0 Å². The molecule has 0 bridgehead atoms. The molecular weight excluding hydrogens is 284 g/mol. The van der Waals surface area contributed by atoms with E-state index in [1.807, 2.05) is 6.21 Å². The van der Waals surface area contributed by atoms with Gasteiger partial charge in [-0.15, -0.1) is 0 Å². The third kappa shape index (κ3) is 4.03. The zero-order valence-electron chi connectivity index (χ0n) is 13.9. The Hall–Kier alpha value is -2.49. The van der Waals surface area contributed by atoms with Crippen LogP contribution in [0.1, 0.15) is 5.56 Å². The van der Waals surface area contributed by atoms with E-state index in [4.69, 9.17) is 0 Å². The van der Waals surface area contributed by atoms with Gasteiger partial charge < -0.3 is 9.80 Å². The molecule has 0 radical (unpaired) electrons. The Labute approximate surface area is 138 Å². The number of anilines is 2. The van der Waals surface area contributed by atoms with Gasteiger partial charge in [-0.3, -0.25) is 5.01 Å². The minimum absolute atomic E-state index is 0.959. The molecule has 1 saturated heterocycles. The Kier molecular flexibility index (Phi) is 4.81. The van der Waals surface area contributed by atoms with Crippen LogP contribution < -0.4 is 9.80 Å². The molecule has 0 N–H and O–H groups in total. The van der Waals surface area contributed by atoms with Crippen LogP contribution in [0.15, 0.2) is 59.7 Å². The molecule has 23 heavy (non-hydrogen) atoms. The fraction of sp³-hybridized carbons (Fsp3) is 0.316. The van der Waals surface area contributed by atoms with Crippen LogP contribution in [0, 0.1) is 0 Å².